The highest BCUT2D eigenvalue weighted by Crippen LogP contribution is 2.54. The van der Waals surface area contributed by atoms with Gasteiger partial charge in [-0.25, -0.2) is 0 Å². The molecule has 1 aliphatic carbocycles. The number of hydrogen-bond acceptors (Lipinski definition) is 4. The van der Waals surface area contributed by atoms with Gasteiger partial charge in [-0.1, -0.05) is 13.8 Å². The smallest absolute Gasteiger partial charge is 0.224 e. The molecule has 0 unspecified atom stereocenters. The van der Waals surface area contributed by atoms with Gasteiger partial charge in [0.15, 0.2) is 0 Å². The second-order valence-corrected chi connectivity index (χ2v) is 7.23. The molecule has 1 amide bonds. The summed E-state index contributed by atoms with van der Waals surface area (Å²) in [6.45, 7) is 9.18. The second kappa shape index (κ2) is 5.86. The van der Waals surface area contributed by atoms with Crippen LogP contribution in [0.15, 0.2) is 0 Å². The maximum Gasteiger partial charge on any atom is 0.224 e. The molecule has 0 aromatic heterocycles. The molecule has 0 spiro atoms. The Bertz CT molecular complexity index is 393. The van der Waals surface area contributed by atoms with E-state index in [9.17, 15) is 4.79 Å². The van der Waals surface area contributed by atoms with Crippen LogP contribution in [-0.4, -0.2) is 74.4 Å². The first-order valence-corrected chi connectivity index (χ1v) is 8.19. The second-order valence-electron chi connectivity index (χ2n) is 7.23. The van der Waals surface area contributed by atoms with Crippen molar-refractivity contribution in [2.75, 3.05) is 46.5 Å². The molecule has 1 saturated carbocycles. The highest BCUT2D eigenvalue weighted by Gasteiger charge is 2.60. The summed E-state index contributed by atoms with van der Waals surface area (Å²) in [6, 6.07) is 0.544. The van der Waals surface area contributed by atoms with Crippen molar-refractivity contribution in [2.45, 2.75) is 38.8 Å². The Balaban J connectivity index is 1.50. The fourth-order valence-electron chi connectivity index (χ4n) is 4.57. The van der Waals surface area contributed by atoms with Gasteiger partial charge in [-0.2, -0.15) is 0 Å². The van der Waals surface area contributed by atoms with E-state index in [1.165, 1.54) is 6.42 Å². The van der Waals surface area contributed by atoms with Gasteiger partial charge < -0.3 is 19.3 Å². The number of morpholine rings is 1. The van der Waals surface area contributed by atoms with E-state index in [1.54, 1.807) is 0 Å². The monoisotopic (exact) mass is 296 g/mol. The number of carbonyl (C=O) groups is 1. The molecule has 2 aliphatic heterocycles. The molecule has 0 aromatic carbocycles. The largest absolute Gasteiger partial charge is 0.378 e. The lowest BCUT2D eigenvalue weighted by atomic mass is 9.57. The van der Waals surface area contributed by atoms with Gasteiger partial charge >= 0.3 is 0 Å². The molecule has 3 aliphatic rings. The van der Waals surface area contributed by atoms with E-state index in [1.807, 2.05) is 4.90 Å². The minimum Gasteiger partial charge on any atom is -0.378 e. The summed E-state index contributed by atoms with van der Waals surface area (Å²) in [7, 11) is 2.16. The Kier molecular flexibility index (Phi) is 4.26. The maximum atomic E-state index is 12.2. The van der Waals surface area contributed by atoms with Gasteiger partial charge in [0.05, 0.1) is 19.3 Å². The molecule has 0 N–H and O–H groups in total. The molecule has 21 heavy (non-hydrogen) atoms. The lowest BCUT2D eigenvalue weighted by Gasteiger charge is -2.58. The molecular formula is C16H28N2O3. The first-order valence-electron chi connectivity index (χ1n) is 8.19. The summed E-state index contributed by atoms with van der Waals surface area (Å²) in [5.41, 5.74) is 0.206. The van der Waals surface area contributed by atoms with Gasteiger partial charge in [-0.05, 0) is 13.5 Å². The Morgan fingerprint density at radius 2 is 2.00 bits per heavy atom. The van der Waals surface area contributed by atoms with E-state index < -0.39 is 0 Å². The minimum atomic E-state index is 0.206. The summed E-state index contributed by atoms with van der Waals surface area (Å²) in [5, 5.41) is 0. The zero-order valence-corrected chi connectivity index (χ0v) is 13.5. The molecule has 3 atom stereocenters. The van der Waals surface area contributed by atoms with Gasteiger partial charge in [-0.15, -0.1) is 0 Å². The number of ether oxygens (including phenoxy) is 2. The van der Waals surface area contributed by atoms with Crippen molar-refractivity contribution in [2.24, 2.45) is 11.3 Å². The molecule has 3 fully saturated rings. The third kappa shape index (κ3) is 2.71. The average Bonchev–Trinajstić information content (AvgIpc) is 2.91. The van der Waals surface area contributed by atoms with Crippen LogP contribution in [-0.2, 0) is 14.3 Å². The Morgan fingerprint density at radius 3 is 2.71 bits per heavy atom. The summed E-state index contributed by atoms with van der Waals surface area (Å²) >= 11 is 0. The van der Waals surface area contributed by atoms with Crippen LogP contribution in [0.1, 0.15) is 26.7 Å². The van der Waals surface area contributed by atoms with Gasteiger partial charge in [0.1, 0.15) is 0 Å². The van der Waals surface area contributed by atoms with Gasteiger partial charge in [0.25, 0.3) is 0 Å². The molecule has 5 nitrogen and oxygen atoms in total. The van der Waals surface area contributed by atoms with Crippen LogP contribution >= 0.6 is 0 Å². The summed E-state index contributed by atoms with van der Waals surface area (Å²) in [5.74, 6) is 0.921. The van der Waals surface area contributed by atoms with Crippen LogP contribution in [0.3, 0.4) is 0 Å². The van der Waals surface area contributed by atoms with Crippen molar-refractivity contribution in [1.82, 2.24) is 9.80 Å². The van der Waals surface area contributed by atoms with Crippen LogP contribution in [0.25, 0.3) is 0 Å². The topological polar surface area (TPSA) is 42.0 Å². The molecule has 5 heteroatoms. The van der Waals surface area contributed by atoms with Gasteiger partial charge in [0.2, 0.25) is 5.91 Å². The zero-order chi connectivity index (χ0) is 15.0. The van der Waals surface area contributed by atoms with Crippen molar-refractivity contribution < 1.29 is 14.3 Å². The van der Waals surface area contributed by atoms with E-state index >= 15 is 0 Å². The Morgan fingerprint density at radius 1 is 1.29 bits per heavy atom. The standard InChI is InChI=1S/C16H28N2O3/c1-16(2)14(12-5-9-21-15(12)16)17(3)6-4-13(19)18-7-10-20-11-8-18/h12,14-15H,4-11H2,1-3H3/t12-,14+,15+/m0/s1. The number of fused-ring (bicyclic) bond motifs is 1. The fourth-order valence-corrected chi connectivity index (χ4v) is 4.57. The predicted octanol–water partition coefficient (Wildman–Crippen LogP) is 0.981. The molecule has 0 radical (unpaired) electrons. The zero-order valence-electron chi connectivity index (χ0n) is 13.5. The SMILES string of the molecule is CN(CCC(=O)N1CCOCC1)[C@@H]1[C@@H]2CCO[C@H]2C1(C)C. The summed E-state index contributed by atoms with van der Waals surface area (Å²) in [4.78, 5) is 16.6. The van der Waals surface area contributed by atoms with Gasteiger partial charge in [-0.3, -0.25) is 4.79 Å². The average molecular weight is 296 g/mol. The molecule has 3 rings (SSSR count). The lowest BCUT2D eigenvalue weighted by molar-refractivity contribution is -0.152. The Hall–Kier alpha value is -0.650. The molecular weight excluding hydrogens is 268 g/mol. The minimum absolute atomic E-state index is 0.206. The van der Waals surface area contributed by atoms with E-state index in [0.717, 1.165) is 26.2 Å². The number of nitrogens with zero attached hydrogens (tertiary/aromatic N) is 2. The van der Waals surface area contributed by atoms with Crippen molar-refractivity contribution in [3.05, 3.63) is 0 Å². The molecule has 2 saturated heterocycles. The van der Waals surface area contributed by atoms with Crippen molar-refractivity contribution in [3.63, 3.8) is 0 Å². The Labute approximate surface area is 127 Å². The number of carbonyl (C=O) groups excluding carboxylic acids is 1. The summed E-state index contributed by atoms with van der Waals surface area (Å²) in [6.07, 6.45) is 2.20. The first kappa shape index (κ1) is 15.3. The van der Waals surface area contributed by atoms with Crippen LogP contribution in [0, 0.1) is 11.3 Å². The first-order chi connectivity index (χ1) is 10.0. The van der Waals surface area contributed by atoms with Crippen molar-refractivity contribution >= 4 is 5.91 Å². The molecule has 0 aromatic rings. The highest BCUT2D eigenvalue weighted by atomic mass is 16.5. The van der Waals surface area contributed by atoms with Crippen LogP contribution in [0.2, 0.25) is 0 Å². The molecule has 2 heterocycles. The van der Waals surface area contributed by atoms with Crippen LogP contribution in [0.4, 0.5) is 0 Å². The molecule has 120 valence electrons. The molecule has 0 bridgehead atoms. The maximum absolute atomic E-state index is 12.2. The third-order valence-corrected chi connectivity index (χ3v) is 5.56. The van der Waals surface area contributed by atoms with Gasteiger partial charge in [0, 0.05) is 50.0 Å². The van der Waals surface area contributed by atoms with Crippen LogP contribution in [0.5, 0.6) is 0 Å². The predicted molar refractivity (Wildman–Crippen MR) is 80.1 cm³/mol. The quantitative estimate of drug-likeness (QED) is 0.775. The van der Waals surface area contributed by atoms with Crippen molar-refractivity contribution in [1.29, 1.82) is 0 Å². The number of amides is 1. The number of hydrogen-bond donors (Lipinski definition) is 0. The fraction of sp³-hybridized carbons (Fsp3) is 0.938. The van der Waals surface area contributed by atoms with E-state index in [4.69, 9.17) is 9.47 Å². The normalized spacial score (nSPS) is 34.7. The van der Waals surface area contributed by atoms with Crippen LogP contribution < -0.4 is 0 Å². The van der Waals surface area contributed by atoms with E-state index in [0.29, 0.717) is 37.7 Å². The van der Waals surface area contributed by atoms with E-state index in [-0.39, 0.29) is 11.3 Å². The van der Waals surface area contributed by atoms with E-state index in [2.05, 4.69) is 25.8 Å². The third-order valence-electron chi connectivity index (χ3n) is 5.56. The summed E-state index contributed by atoms with van der Waals surface area (Å²) < 4.78 is 11.1. The number of rotatable bonds is 4. The highest BCUT2D eigenvalue weighted by molar-refractivity contribution is 5.76. The lowest BCUT2D eigenvalue weighted by Crippen LogP contribution is -2.66. The van der Waals surface area contributed by atoms with Crippen molar-refractivity contribution in [3.8, 4) is 0 Å².